The monoisotopic (exact) mass is 429 g/mol. The molecule has 6 aromatic rings. The first-order chi connectivity index (χ1) is 16.4. The van der Waals surface area contributed by atoms with Gasteiger partial charge in [0.2, 0.25) is 0 Å². The van der Waals surface area contributed by atoms with Gasteiger partial charge in [-0.15, -0.1) is 0 Å². The summed E-state index contributed by atoms with van der Waals surface area (Å²) < 4.78 is 12.4. The molecule has 0 saturated heterocycles. The smallest absolute Gasteiger partial charge is 0.149 e. The van der Waals surface area contributed by atoms with E-state index in [1.165, 1.54) is 0 Å². The zero-order valence-electron chi connectivity index (χ0n) is 17.7. The van der Waals surface area contributed by atoms with E-state index >= 15 is 0 Å². The highest BCUT2D eigenvalue weighted by atomic mass is 16.3. The second-order valence-electron chi connectivity index (χ2n) is 8.08. The number of nitrogens with one attached hydrogen (secondary N) is 1. The van der Waals surface area contributed by atoms with Crippen molar-refractivity contribution >= 4 is 56.2 Å². The lowest BCUT2D eigenvalue weighted by molar-refractivity contribution is 0.532. The molecule has 0 bridgehead atoms. The molecule has 4 heterocycles. The Balaban J connectivity index is 1.60. The topological polar surface area (TPSA) is 54.4 Å². The molecule has 5 heteroatoms. The van der Waals surface area contributed by atoms with E-state index in [1.807, 2.05) is 67.0 Å². The van der Waals surface area contributed by atoms with Crippen molar-refractivity contribution in [1.29, 1.82) is 0 Å². The second kappa shape index (κ2) is 7.00. The molecule has 0 saturated carbocycles. The van der Waals surface area contributed by atoms with Gasteiger partial charge < -0.3 is 14.2 Å². The Labute approximate surface area is 189 Å². The van der Waals surface area contributed by atoms with Gasteiger partial charge in [0.15, 0.2) is 0 Å². The van der Waals surface area contributed by atoms with Gasteiger partial charge in [0.05, 0.1) is 23.0 Å². The predicted molar refractivity (Wildman–Crippen MR) is 132 cm³/mol. The van der Waals surface area contributed by atoms with Gasteiger partial charge in [0.1, 0.15) is 28.3 Å². The highest BCUT2D eigenvalue weighted by Crippen LogP contribution is 2.45. The molecule has 3 aromatic heterocycles. The molecule has 1 N–H and O–H groups in total. The van der Waals surface area contributed by atoms with Gasteiger partial charge in [-0.3, -0.25) is 4.90 Å². The maximum atomic E-state index is 6.22. The second-order valence-corrected chi connectivity index (χ2v) is 8.08. The summed E-state index contributed by atoms with van der Waals surface area (Å²) in [5.74, 6) is 1.76. The van der Waals surface area contributed by atoms with Gasteiger partial charge >= 0.3 is 0 Å². The predicted octanol–water partition coefficient (Wildman–Crippen LogP) is 7.27. The number of hydrogen-bond acceptors (Lipinski definition) is 5. The van der Waals surface area contributed by atoms with Crippen LogP contribution in [0.5, 0.6) is 0 Å². The van der Waals surface area contributed by atoms with Crippen LogP contribution in [0.1, 0.15) is 11.3 Å². The van der Waals surface area contributed by atoms with Gasteiger partial charge in [-0.05, 0) is 48.7 Å². The van der Waals surface area contributed by atoms with Gasteiger partial charge in [0, 0.05) is 22.8 Å². The van der Waals surface area contributed by atoms with E-state index in [0.29, 0.717) is 6.54 Å². The van der Waals surface area contributed by atoms with Crippen molar-refractivity contribution in [2.75, 3.05) is 4.90 Å². The van der Waals surface area contributed by atoms with E-state index in [2.05, 4.69) is 40.6 Å². The highest BCUT2D eigenvalue weighted by Gasteiger charge is 2.25. The number of pyridine rings is 1. The van der Waals surface area contributed by atoms with Crippen LogP contribution in [0, 0.1) is 0 Å². The van der Waals surface area contributed by atoms with Gasteiger partial charge in [-0.1, -0.05) is 42.5 Å². The van der Waals surface area contributed by atoms with Crippen molar-refractivity contribution in [2.24, 2.45) is 0 Å². The van der Waals surface area contributed by atoms with Crippen molar-refractivity contribution in [3.63, 3.8) is 0 Å². The van der Waals surface area contributed by atoms with E-state index in [4.69, 9.17) is 13.8 Å². The lowest BCUT2D eigenvalue weighted by Crippen LogP contribution is -2.13. The zero-order valence-corrected chi connectivity index (χ0v) is 17.7. The average molecular weight is 429 g/mol. The highest BCUT2D eigenvalue weighted by molar-refractivity contribution is 6.13. The number of para-hydroxylation sites is 2. The number of furan rings is 2. The first kappa shape index (κ1) is 18.1. The number of anilines is 3. The van der Waals surface area contributed by atoms with Crippen molar-refractivity contribution in [2.45, 2.75) is 6.54 Å². The van der Waals surface area contributed by atoms with Crippen molar-refractivity contribution in [1.82, 2.24) is 10.3 Å². The summed E-state index contributed by atoms with van der Waals surface area (Å²) in [6, 6.07) is 26.5. The minimum Gasteiger partial charge on any atom is -0.458 e. The maximum absolute atomic E-state index is 6.22. The molecule has 33 heavy (non-hydrogen) atoms. The molecule has 5 nitrogen and oxygen atoms in total. The Morgan fingerprint density at radius 1 is 0.758 bits per heavy atom. The lowest BCUT2D eigenvalue weighted by atomic mass is 10.0. The summed E-state index contributed by atoms with van der Waals surface area (Å²) in [4.78, 5) is 7.10. The molecule has 158 valence electrons. The fourth-order valence-electron chi connectivity index (χ4n) is 4.76. The summed E-state index contributed by atoms with van der Waals surface area (Å²) in [6.07, 6.45) is 5.87. The van der Waals surface area contributed by atoms with Crippen LogP contribution in [-0.4, -0.2) is 4.98 Å². The normalized spacial score (nSPS) is 12.8. The van der Waals surface area contributed by atoms with E-state index in [-0.39, 0.29) is 0 Å². The van der Waals surface area contributed by atoms with Gasteiger partial charge in [-0.25, -0.2) is 4.98 Å². The van der Waals surface area contributed by atoms with E-state index < -0.39 is 0 Å². The number of rotatable bonds is 3. The Morgan fingerprint density at radius 3 is 2.52 bits per heavy atom. The summed E-state index contributed by atoms with van der Waals surface area (Å²) in [5, 5.41) is 6.35. The summed E-state index contributed by atoms with van der Waals surface area (Å²) in [6.45, 7) is 0.672. The van der Waals surface area contributed by atoms with Crippen LogP contribution in [0.15, 0.2) is 100 Å². The van der Waals surface area contributed by atoms with Gasteiger partial charge in [0.25, 0.3) is 0 Å². The molecule has 0 spiro atoms. The average Bonchev–Trinajstić information content (AvgIpc) is 3.44. The number of nitrogens with zero attached hydrogens (tertiary/aromatic N) is 2. The molecule has 0 unspecified atom stereocenters. The Morgan fingerprint density at radius 2 is 1.58 bits per heavy atom. The Hall–Kier alpha value is -4.51. The first-order valence-electron chi connectivity index (χ1n) is 10.9. The number of benzene rings is 3. The summed E-state index contributed by atoms with van der Waals surface area (Å²) in [7, 11) is 0. The SMILES string of the molecule is C1=Cc2c(oc3cccc(N(c4ccccc4)c4nccc5oc6ccccc6c45)c23)CN1. The third kappa shape index (κ3) is 2.69. The molecule has 7 rings (SSSR count). The molecule has 1 aliphatic heterocycles. The van der Waals surface area contributed by atoms with Crippen LogP contribution >= 0.6 is 0 Å². The van der Waals surface area contributed by atoms with Crippen LogP contribution in [0.3, 0.4) is 0 Å². The van der Waals surface area contributed by atoms with Crippen LogP contribution in [0.4, 0.5) is 17.2 Å². The molecule has 0 aliphatic carbocycles. The summed E-state index contributed by atoms with van der Waals surface area (Å²) >= 11 is 0. The van der Waals surface area contributed by atoms with Crippen LogP contribution in [-0.2, 0) is 6.54 Å². The van der Waals surface area contributed by atoms with Crippen LogP contribution < -0.4 is 10.2 Å². The first-order valence-corrected chi connectivity index (χ1v) is 10.9. The molecule has 0 fully saturated rings. The van der Waals surface area contributed by atoms with Crippen molar-refractivity contribution < 1.29 is 8.83 Å². The Bertz CT molecular complexity index is 1680. The fraction of sp³-hybridized carbons (Fsp3) is 0.0357. The van der Waals surface area contributed by atoms with Crippen molar-refractivity contribution in [3.05, 3.63) is 103 Å². The lowest BCUT2D eigenvalue weighted by Gasteiger charge is -2.25. The van der Waals surface area contributed by atoms with Gasteiger partial charge in [-0.2, -0.15) is 0 Å². The quantitative estimate of drug-likeness (QED) is 0.321. The van der Waals surface area contributed by atoms with Crippen LogP contribution in [0.2, 0.25) is 0 Å². The molecular weight excluding hydrogens is 410 g/mol. The van der Waals surface area contributed by atoms with Crippen LogP contribution in [0.25, 0.3) is 39.0 Å². The Kier molecular flexibility index (Phi) is 3.84. The molecule has 0 atom stereocenters. The standard InChI is InChI=1S/C28H19N3O2/c1-2-7-18(8-3-1)31(21-10-6-12-23-26(21)20-13-15-29-17-25(20)33-23)28-27-19-9-4-5-11-22(19)32-24(27)14-16-30-28/h1-16,29H,17H2. The number of fused-ring (bicyclic) bond motifs is 6. The van der Waals surface area contributed by atoms with Crippen molar-refractivity contribution in [3.8, 4) is 0 Å². The molecule has 3 aromatic carbocycles. The molecule has 0 radical (unpaired) electrons. The van der Waals surface area contributed by atoms with E-state index in [9.17, 15) is 0 Å². The minimum atomic E-state index is 0.672. The van der Waals surface area contributed by atoms with E-state index in [1.54, 1.807) is 0 Å². The third-order valence-electron chi connectivity index (χ3n) is 6.17. The molecular formula is C28H19N3O2. The fourth-order valence-corrected chi connectivity index (χ4v) is 4.76. The minimum absolute atomic E-state index is 0.672. The zero-order chi connectivity index (χ0) is 21.8. The number of aromatic nitrogens is 1. The third-order valence-corrected chi connectivity index (χ3v) is 6.17. The van der Waals surface area contributed by atoms with E-state index in [0.717, 1.165) is 61.4 Å². The molecule has 1 aliphatic rings. The molecule has 0 amide bonds. The maximum Gasteiger partial charge on any atom is 0.149 e. The summed E-state index contributed by atoms with van der Waals surface area (Å²) in [5.41, 5.74) is 5.65. The largest absolute Gasteiger partial charge is 0.458 e. The number of hydrogen-bond donors (Lipinski definition) is 1.